The highest BCUT2D eigenvalue weighted by atomic mass is 16.5. The molecule has 62 heavy (non-hydrogen) atoms. The Morgan fingerprint density at radius 2 is 1.21 bits per heavy atom. The predicted octanol–water partition coefficient (Wildman–Crippen LogP) is 8.99. The van der Waals surface area contributed by atoms with E-state index in [-0.39, 0.29) is 0 Å². The molecule has 7 nitrogen and oxygen atoms in total. The van der Waals surface area contributed by atoms with E-state index in [4.69, 9.17) is 19.5 Å². The number of hydrogen-bond donors (Lipinski definition) is 2. The molecule has 7 heteroatoms. The number of ether oxygens (including phenoxy) is 2. The Balaban J connectivity index is 1.31. The molecule has 11 rings (SSSR count). The Morgan fingerprint density at radius 3 is 1.92 bits per heavy atom. The van der Waals surface area contributed by atoms with E-state index < -0.39 is 5.97 Å². The first-order chi connectivity index (χ1) is 30.3. The van der Waals surface area contributed by atoms with Gasteiger partial charge in [-0.3, -0.25) is 0 Å². The van der Waals surface area contributed by atoms with Gasteiger partial charge in [-0.25, -0.2) is 14.8 Å². The summed E-state index contributed by atoms with van der Waals surface area (Å²) in [6, 6.07) is 49.2. The molecule has 3 aliphatic rings. The molecule has 2 N–H and O–H groups in total. The number of fused-ring (bicyclic) bond motifs is 9. The second kappa shape index (κ2) is 14.6. The average Bonchev–Trinajstić information content (AvgIpc) is 4.13. The van der Waals surface area contributed by atoms with Crippen molar-refractivity contribution >= 4 is 50.8 Å². The zero-order valence-electron chi connectivity index (χ0n) is 34.6. The summed E-state index contributed by atoms with van der Waals surface area (Å²) in [6.45, 7) is 6.29. The van der Waals surface area contributed by atoms with Crippen LogP contribution < -0.4 is 26.0 Å². The van der Waals surface area contributed by atoms with Crippen LogP contribution in [0.3, 0.4) is 0 Å². The second-order valence-corrected chi connectivity index (χ2v) is 16.1. The molecule has 0 saturated carbocycles. The van der Waals surface area contributed by atoms with Crippen LogP contribution in [0.5, 0.6) is 5.75 Å². The number of aromatic nitrogens is 2. The van der Waals surface area contributed by atoms with Crippen LogP contribution in [0.4, 0.5) is 0 Å². The SMILES string of the molecule is COc1ccc(-c2c3c4c(c5ccc(C)cc25)=C2C=CC(=N2)C(c2ccc(C)cc2)=c2ccc([nH]2)=C(c2ccc(C)cc2)c2ccc([nH]2)C(=C3OC(=O)c2ccccc2)N=4)cc1. The van der Waals surface area contributed by atoms with Crippen molar-refractivity contribution in [2.45, 2.75) is 20.8 Å². The lowest BCUT2D eigenvalue weighted by atomic mass is 9.89. The summed E-state index contributed by atoms with van der Waals surface area (Å²) in [7, 11) is 1.66. The first-order valence-corrected chi connectivity index (χ1v) is 20.7. The number of rotatable bonds is 6. The molecule has 2 aromatic heterocycles. The van der Waals surface area contributed by atoms with Crippen molar-refractivity contribution in [3.05, 3.63) is 229 Å². The van der Waals surface area contributed by atoms with Gasteiger partial charge in [0.15, 0.2) is 5.76 Å². The van der Waals surface area contributed by atoms with Crippen LogP contribution in [-0.2, 0) is 4.74 Å². The molecule has 6 aromatic carbocycles. The number of aryl methyl sites for hydroxylation is 3. The lowest BCUT2D eigenvalue weighted by Crippen LogP contribution is -2.31. The third-order valence-electron chi connectivity index (χ3n) is 12.0. The van der Waals surface area contributed by atoms with E-state index in [0.29, 0.717) is 33.6 Å². The number of esters is 1. The average molecular weight is 805 g/mol. The van der Waals surface area contributed by atoms with Crippen molar-refractivity contribution in [2.24, 2.45) is 9.98 Å². The van der Waals surface area contributed by atoms with E-state index in [2.05, 4.69) is 140 Å². The fraction of sp³-hybridized carbons (Fsp3) is 0.0727. The summed E-state index contributed by atoms with van der Waals surface area (Å²) in [6.07, 6.45) is 4.18. The van der Waals surface area contributed by atoms with Crippen LogP contribution in [0.15, 0.2) is 168 Å². The number of aromatic amines is 2. The Hall–Kier alpha value is -8.03. The third kappa shape index (κ3) is 6.17. The van der Waals surface area contributed by atoms with Gasteiger partial charge in [0, 0.05) is 38.3 Å². The summed E-state index contributed by atoms with van der Waals surface area (Å²) >= 11 is 0. The largest absolute Gasteiger partial charge is 0.497 e. The molecule has 0 atom stereocenters. The molecule has 0 aliphatic carbocycles. The van der Waals surface area contributed by atoms with Crippen LogP contribution in [0, 0.1) is 20.8 Å². The molecule has 298 valence electrons. The number of nitrogens with zero attached hydrogens (tertiary/aromatic N) is 2. The molecule has 0 unspecified atom stereocenters. The van der Waals surface area contributed by atoms with Gasteiger partial charge < -0.3 is 19.4 Å². The maximum Gasteiger partial charge on any atom is 0.343 e. The normalized spacial score (nSPS) is 13.9. The summed E-state index contributed by atoms with van der Waals surface area (Å²) < 4.78 is 12.3. The van der Waals surface area contributed by atoms with Gasteiger partial charge in [-0.2, -0.15) is 0 Å². The highest BCUT2D eigenvalue weighted by molar-refractivity contribution is 6.31. The Bertz CT molecular complexity index is 3530. The van der Waals surface area contributed by atoms with Crippen molar-refractivity contribution in [3.8, 4) is 16.9 Å². The Labute approximate surface area is 357 Å². The summed E-state index contributed by atoms with van der Waals surface area (Å²) in [4.78, 5) is 32.9. The van der Waals surface area contributed by atoms with Crippen molar-refractivity contribution in [1.29, 1.82) is 0 Å². The fourth-order valence-corrected chi connectivity index (χ4v) is 8.87. The summed E-state index contributed by atoms with van der Waals surface area (Å²) in [5.41, 5.74) is 14.1. The first kappa shape index (κ1) is 37.0. The maximum atomic E-state index is 14.3. The predicted molar refractivity (Wildman–Crippen MR) is 247 cm³/mol. The van der Waals surface area contributed by atoms with Crippen molar-refractivity contribution < 1.29 is 14.3 Å². The minimum Gasteiger partial charge on any atom is -0.497 e. The lowest BCUT2D eigenvalue weighted by molar-refractivity contribution is 0.0693. The zero-order chi connectivity index (χ0) is 42.1. The minimum absolute atomic E-state index is 0.363. The van der Waals surface area contributed by atoms with Gasteiger partial charge in [0.25, 0.3) is 0 Å². The van der Waals surface area contributed by atoms with Gasteiger partial charge in [0.1, 0.15) is 11.4 Å². The van der Waals surface area contributed by atoms with Crippen molar-refractivity contribution in [1.82, 2.24) is 9.97 Å². The molecule has 0 saturated heterocycles. The van der Waals surface area contributed by atoms with Gasteiger partial charge in [-0.15, -0.1) is 0 Å². The number of H-pyrrole nitrogens is 2. The van der Waals surface area contributed by atoms with Crippen LogP contribution in [0.25, 0.3) is 50.2 Å². The van der Waals surface area contributed by atoms with Gasteiger partial charge in [-0.05, 0) is 109 Å². The van der Waals surface area contributed by atoms with Gasteiger partial charge >= 0.3 is 5.97 Å². The molecular formula is C55H40N4O3. The molecular weight excluding hydrogens is 765 g/mol. The Kier molecular flexibility index (Phi) is 8.72. The van der Waals surface area contributed by atoms with E-state index in [0.717, 1.165) is 88.5 Å². The number of nitrogens with one attached hydrogen (secondary N) is 2. The van der Waals surface area contributed by atoms with E-state index in [9.17, 15) is 4.79 Å². The van der Waals surface area contributed by atoms with E-state index in [1.54, 1.807) is 19.2 Å². The number of allylic oxidation sites excluding steroid dienone is 1. The van der Waals surface area contributed by atoms with Crippen LogP contribution in [-0.4, -0.2) is 28.8 Å². The quantitative estimate of drug-likeness (QED) is 0.165. The first-order valence-electron chi connectivity index (χ1n) is 20.7. The summed E-state index contributed by atoms with van der Waals surface area (Å²) in [5, 5.41) is 5.38. The molecule has 8 aromatic rings. The number of carbonyl (C=O) groups excluding carboxylic acids is 1. The van der Waals surface area contributed by atoms with Gasteiger partial charge in [0.2, 0.25) is 0 Å². The molecule has 0 radical (unpaired) electrons. The monoisotopic (exact) mass is 804 g/mol. The maximum absolute atomic E-state index is 14.3. The van der Waals surface area contributed by atoms with Crippen LogP contribution >= 0.6 is 0 Å². The van der Waals surface area contributed by atoms with E-state index in [1.807, 2.05) is 36.4 Å². The lowest BCUT2D eigenvalue weighted by Gasteiger charge is -2.17. The minimum atomic E-state index is -0.481. The zero-order valence-corrected chi connectivity index (χ0v) is 34.6. The molecule has 5 heterocycles. The number of aliphatic imine (C=N–C) groups is 1. The van der Waals surface area contributed by atoms with E-state index >= 15 is 0 Å². The van der Waals surface area contributed by atoms with Crippen molar-refractivity contribution in [3.63, 3.8) is 0 Å². The fourth-order valence-electron chi connectivity index (χ4n) is 8.87. The number of carbonyl (C=O) groups is 1. The topological polar surface area (TPSA) is 91.8 Å². The van der Waals surface area contributed by atoms with Gasteiger partial charge in [0.05, 0.1) is 40.7 Å². The highest BCUT2D eigenvalue weighted by Gasteiger charge is 2.32. The third-order valence-corrected chi connectivity index (χ3v) is 12.0. The molecule has 0 amide bonds. The number of hydrogen-bond acceptors (Lipinski definition) is 5. The van der Waals surface area contributed by atoms with Crippen molar-refractivity contribution in [2.75, 3.05) is 7.11 Å². The number of benzene rings is 6. The van der Waals surface area contributed by atoms with Gasteiger partial charge in [-0.1, -0.05) is 114 Å². The second-order valence-electron chi connectivity index (χ2n) is 16.1. The molecule has 3 aliphatic heterocycles. The molecule has 0 fully saturated rings. The molecule has 0 spiro atoms. The van der Waals surface area contributed by atoms with E-state index in [1.165, 1.54) is 11.1 Å². The highest BCUT2D eigenvalue weighted by Crippen LogP contribution is 2.41. The molecule has 8 bridgehead atoms. The Morgan fingerprint density at radius 1 is 0.565 bits per heavy atom. The van der Waals surface area contributed by atoms with Crippen LogP contribution in [0.1, 0.15) is 55.1 Å². The standard InChI is InChI=1S/C55H40N4O3/c1-31-10-15-35(16-11-31)48-41-24-25-42(56-41)49(36-17-12-32(2)13-18-36)44-28-29-46(58-44)52-54(62-55(60)37-8-6-5-7-9-37)51-47(34-19-21-38(61-4)22-20-34)40-30-33(3)14-23-39(40)50(53(51)59-52)45-27-26-43(48)57-45/h5-30,56,58H,1-4H3. The summed E-state index contributed by atoms with van der Waals surface area (Å²) in [5.74, 6) is 0.622. The number of methoxy groups -OCH3 is 1. The van der Waals surface area contributed by atoms with Crippen LogP contribution in [0.2, 0.25) is 0 Å². The smallest absolute Gasteiger partial charge is 0.343 e.